The van der Waals surface area contributed by atoms with E-state index in [1.165, 1.54) is 11.1 Å². The van der Waals surface area contributed by atoms with Crippen molar-refractivity contribution in [1.29, 1.82) is 0 Å². The maximum Gasteiger partial charge on any atom is 0.268 e. The first-order chi connectivity index (χ1) is 41.9. The second-order valence-corrected chi connectivity index (χ2v) is 26.5. The van der Waals surface area contributed by atoms with Crippen LogP contribution in [0.5, 0.6) is 11.5 Å². The van der Waals surface area contributed by atoms with Crippen molar-refractivity contribution in [2.75, 3.05) is 0 Å². The Bertz CT molecular complexity index is 4780. The van der Waals surface area contributed by atoms with Crippen LogP contribution >= 0.6 is 0 Å². The number of ether oxygens (including phenoxy) is 1. The third kappa shape index (κ3) is 9.82. The van der Waals surface area contributed by atoms with E-state index in [0.29, 0.717) is 28.4 Å². The number of pyridine rings is 1. The molecule has 6 heteroatoms. The number of benzene rings is 9. The molecule has 3 aromatic heterocycles. The number of aryl methyl sites for hydroxylation is 2. The molecule has 5 nitrogen and oxygen atoms in total. The summed E-state index contributed by atoms with van der Waals surface area (Å²) in [4.78, 5) is 4.91. The monoisotopic (exact) mass is 1280 g/mol. The number of fused-ring (bicyclic) bond motifs is 10. The Morgan fingerprint density at radius 1 is 0.464 bits per heavy atom. The zero-order chi connectivity index (χ0) is 63.1. The average Bonchev–Trinajstić information content (AvgIpc) is 1.48. The van der Waals surface area contributed by atoms with Crippen molar-refractivity contribution in [3.05, 3.63) is 234 Å². The summed E-state index contributed by atoms with van der Waals surface area (Å²) in [7, 11) is 0. The summed E-state index contributed by atoms with van der Waals surface area (Å²) in [6.07, 6.45) is 5.79. The minimum atomic E-state index is -2.70. The van der Waals surface area contributed by atoms with Gasteiger partial charge < -0.3 is 13.9 Å². The summed E-state index contributed by atoms with van der Waals surface area (Å²) in [6.45, 7) is 21.1. The molecule has 0 saturated heterocycles. The molecule has 0 unspecified atom stereocenters. The molecule has 0 atom stereocenters. The smallest absolute Gasteiger partial charge is 0.268 e. The molecule has 1 aliphatic rings. The van der Waals surface area contributed by atoms with Crippen LogP contribution < -0.4 is 9.30 Å². The first-order valence-electron chi connectivity index (χ1n) is 31.8. The molecule has 0 spiro atoms. The van der Waals surface area contributed by atoms with Crippen LogP contribution in [0.3, 0.4) is 0 Å². The van der Waals surface area contributed by atoms with Crippen LogP contribution in [0.1, 0.15) is 125 Å². The molecule has 0 saturated carbocycles. The largest absolute Gasteiger partial charge is 0.510 e. The molecule has 1 aliphatic heterocycles. The summed E-state index contributed by atoms with van der Waals surface area (Å²) in [5, 5.41) is 2.09. The number of para-hydroxylation sites is 1. The molecule has 0 fully saturated rings. The maximum absolute atomic E-state index is 9.11. The van der Waals surface area contributed by atoms with Gasteiger partial charge in [-0.05, 0) is 160 Å². The van der Waals surface area contributed by atoms with Crippen molar-refractivity contribution in [1.82, 2.24) is 14.1 Å². The second kappa shape index (κ2) is 20.6. The Morgan fingerprint density at radius 3 is 1.67 bits per heavy atom. The van der Waals surface area contributed by atoms with Crippen molar-refractivity contribution in [3.63, 3.8) is 0 Å². The van der Waals surface area contributed by atoms with E-state index in [1.807, 2.05) is 53.2 Å². The molecule has 0 aliphatic carbocycles. The number of aromatic nitrogens is 4. The summed E-state index contributed by atoms with van der Waals surface area (Å²) < 4.78 is 67.8. The average molecular weight is 1280 g/mol. The van der Waals surface area contributed by atoms with E-state index in [2.05, 4.69) is 226 Å². The Labute approximate surface area is 519 Å². The van der Waals surface area contributed by atoms with Gasteiger partial charge in [-0.3, -0.25) is 4.57 Å². The standard InChI is InChI=1S/C78H72N4O.Pt/c1-48-23-21-24-49(2)72(48)67-43-55(78(12,13)14)42-66-62-30-18-16-28-60(62)59-27-15-17-29-61(59)65-39-51(50-37-53(76(6,7)8)41-54(38-50)77(9,10)11)40-70-74(65)81(73(66)67)47-80(70)56-25-22-26-57(45-56)83-58-33-34-64-63-31-19-20-32-68(63)82(69(64)46-58)71-44-52(35-36-79-71)75(3,4)5;/h15-44H,1-14H3;/q-2;/i1D3,2D3;. The normalized spacial score (nSPS) is 13.9. The van der Waals surface area contributed by atoms with Gasteiger partial charge in [0.2, 0.25) is 0 Å². The quantitative estimate of drug-likeness (QED) is 0.123. The number of hydrogen-bond acceptors (Lipinski definition) is 2. The molecule has 12 aromatic rings. The molecule has 0 bridgehead atoms. The molecule has 9 aromatic carbocycles. The van der Waals surface area contributed by atoms with Gasteiger partial charge in [-0.15, -0.1) is 29.7 Å². The van der Waals surface area contributed by atoms with E-state index >= 15 is 0 Å². The van der Waals surface area contributed by atoms with Gasteiger partial charge in [0.15, 0.2) is 0 Å². The summed E-state index contributed by atoms with van der Waals surface area (Å²) >= 11 is 0. The van der Waals surface area contributed by atoms with E-state index in [9.17, 15) is 0 Å². The Morgan fingerprint density at radius 2 is 1.02 bits per heavy atom. The van der Waals surface area contributed by atoms with Gasteiger partial charge in [0.05, 0.1) is 16.7 Å². The molecule has 0 amide bonds. The SMILES string of the molecule is [2H]C([2H])([2H])c1cccc(C([2H])([2H])[2H])c1-c1cc(C(C)(C)C)cc2c1-[n+]1[c-]n(-c3[c-]c(Oc4[c-]c5c(cc4)c4ccccc4n5-c4cc(C(C)(C)C)ccn4)ccc3)c3cc(-c4cc(C(C)(C)C)cc(C(C)(C)C)c4)cc(c31)-c1ccccc1-c1ccccc1-2.[Pt]. The predicted octanol–water partition coefficient (Wildman–Crippen LogP) is 20.0. The summed E-state index contributed by atoms with van der Waals surface area (Å²) in [5.41, 5.74) is 16.1. The summed E-state index contributed by atoms with van der Waals surface area (Å²) in [5.74, 6) is 1.71. The third-order valence-corrected chi connectivity index (χ3v) is 16.6. The number of hydrogen-bond donors (Lipinski definition) is 0. The third-order valence-electron chi connectivity index (χ3n) is 16.6. The second-order valence-electron chi connectivity index (χ2n) is 26.5. The van der Waals surface area contributed by atoms with E-state index in [4.69, 9.17) is 17.9 Å². The van der Waals surface area contributed by atoms with Gasteiger partial charge in [0.25, 0.3) is 6.33 Å². The van der Waals surface area contributed by atoms with Crippen molar-refractivity contribution in [2.24, 2.45) is 0 Å². The van der Waals surface area contributed by atoms with Crippen LogP contribution in [0.15, 0.2) is 182 Å². The van der Waals surface area contributed by atoms with E-state index in [1.54, 1.807) is 18.2 Å². The number of rotatable bonds is 6. The topological polar surface area (TPSA) is 35.9 Å². The minimum absolute atomic E-state index is 0. The maximum atomic E-state index is 9.11. The van der Waals surface area contributed by atoms with Gasteiger partial charge in [-0.1, -0.05) is 210 Å². The molecule has 13 rings (SSSR count). The molecule has 0 N–H and O–H groups in total. The van der Waals surface area contributed by atoms with E-state index in [-0.39, 0.29) is 54.0 Å². The van der Waals surface area contributed by atoms with Crippen molar-refractivity contribution < 1.29 is 38.6 Å². The molecular formula is C78H72N4OPt-2. The zero-order valence-corrected chi connectivity index (χ0v) is 52.1. The van der Waals surface area contributed by atoms with Crippen molar-refractivity contribution >= 4 is 32.8 Å². The number of nitrogens with zero attached hydrogens (tertiary/aromatic N) is 4. The fourth-order valence-electron chi connectivity index (χ4n) is 12.0. The van der Waals surface area contributed by atoms with E-state index in [0.717, 1.165) is 94.3 Å². The first kappa shape index (κ1) is 49.3. The van der Waals surface area contributed by atoms with Crippen molar-refractivity contribution in [2.45, 2.75) is 118 Å². The first-order valence-corrected chi connectivity index (χ1v) is 28.8. The van der Waals surface area contributed by atoms with Crippen LogP contribution in [-0.4, -0.2) is 14.1 Å². The Balaban J connectivity index is 0.00000785. The minimum Gasteiger partial charge on any atom is -0.510 e. The molecular weight excluding hydrogens is 1200 g/mol. The van der Waals surface area contributed by atoms with Crippen LogP contribution in [-0.2, 0) is 42.7 Å². The molecule has 4 heterocycles. The number of imidazole rings is 1. The van der Waals surface area contributed by atoms with Gasteiger partial charge >= 0.3 is 0 Å². The molecule has 0 radical (unpaired) electrons. The Kier molecular flexibility index (Phi) is 12.1. The van der Waals surface area contributed by atoms with Crippen LogP contribution in [0.4, 0.5) is 0 Å². The van der Waals surface area contributed by atoms with Crippen LogP contribution in [0.25, 0.3) is 106 Å². The molecule has 84 heavy (non-hydrogen) atoms. The Hall–Kier alpha value is -8.11. The van der Waals surface area contributed by atoms with Gasteiger partial charge in [-0.2, -0.15) is 18.2 Å². The van der Waals surface area contributed by atoms with Crippen LogP contribution in [0.2, 0.25) is 0 Å². The van der Waals surface area contributed by atoms with Gasteiger partial charge in [0, 0.05) is 52.5 Å². The fourth-order valence-corrected chi connectivity index (χ4v) is 12.0. The predicted molar refractivity (Wildman–Crippen MR) is 345 cm³/mol. The molecule has 422 valence electrons. The van der Waals surface area contributed by atoms with E-state index < -0.39 is 19.1 Å². The summed E-state index contributed by atoms with van der Waals surface area (Å²) in [6, 6.07) is 67.0. The van der Waals surface area contributed by atoms with Crippen molar-refractivity contribution in [3.8, 4) is 84.3 Å². The zero-order valence-electron chi connectivity index (χ0n) is 55.8. The fraction of sp³-hybridized carbons (Fsp3) is 0.231. The van der Waals surface area contributed by atoms with Crippen LogP contribution in [0, 0.1) is 32.2 Å². The van der Waals surface area contributed by atoms with Gasteiger partial charge in [0.1, 0.15) is 5.82 Å². The van der Waals surface area contributed by atoms with Gasteiger partial charge in [-0.25, -0.2) is 4.98 Å².